The number of aryl methyl sites for hydroxylation is 1. The molecule has 1 saturated heterocycles. The molecule has 0 bridgehead atoms. The number of piperidine rings is 1. The van der Waals surface area contributed by atoms with E-state index in [1.54, 1.807) is 0 Å². The van der Waals surface area contributed by atoms with Gasteiger partial charge in [0, 0.05) is 12.1 Å². The summed E-state index contributed by atoms with van der Waals surface area (Å²) in [7, 11) is 0. The van der Waals surface area contributed by atoms with E-state index in [4.69, 9.17) is 5.73 Å². The third-order valence-electron chi connectivity index (χ3n) is 4.80. The summed E-state index contributed by atoms with van der Waals surface area (Å²) < 4.78 is 0. The van der Waals surface area contributed by atoms with Gasteiger partial charge < -0.3 is 5.73 Å². The summed E-state index contributed by atoms with van der Waals surface area (Å²) in [5.74, 6) is 0.733. The van der Waals surface area contributed by atoms with Crippen LogP contribution in [0.4, 0.5) is 0 Å². The van der Waals surface area contributed by atoms with E-state index in [1.165, 1.54) is 30.5 Å². The molecule has 19 heavy (non-hydrogen) atoms. The van der Waals surface area contributed by atoms with E-state index in [-0.39, 0.29) is 5.54 Å². The van der Waals surface area contributed by atoms with Crippen molar-refractivity contribution in [3.63, 3.8) is 0 Å². The highest BCUT2D eigenvalue weighted by Crippen LogP contribution is 2.36. The first-order valence-electron chi connectivity index (χ1n) is 7.54. The summed E-state index contributed by atoms with van der Waals surface area (Å²) in [6, 6.07) is 8.95. The highest BCUT2D eigenvalue weighted by Gasteiger charge is 2.37. The first-order valence-corrected chi connectivity index (χ1v) is 7.54. The molecule has 2 nitrogen and oxygen atoms in total. The average molecular weight is 260 g/mol. The second kappa shape index (κ2) is 6.06. The van der Waals surface area contributed by atoms with Gasteiger partial charge in [-0.3, -0.25) is 4.90 Å². The van der Waals surface area contributed by atoms with Crippen LogP contribution in [0, 0.1) is 12.8 Å². The van der Waals surface area contributed by atoms with Crippen molar-refractivity contribution < 1.29 is 0 Å². The summed E-state index contributed by atoms with van der Waals surface area (Å²) in [6.07, 6.45) is 3.78. The number of hydrogen-bond donors (Lipinski definition) is 1. The molecule has 1 aliphatic rings. The van der Waals surface area contributed by atoms with Gasteiger partial charge in [0.05, 0.1) is 0 Å². The van der Waals surface area contributed by atoms with Gasteiger partial charge in [0.1, 0.15) is 0 Å². The van der Waals surface area contributed by atoms with Gasteiger partial charge in [-0.15, -0.1) is 0 Å². The topological polar surface area (TPSA) is 29.3 Å². The molecule has 0 spiro atoms. The highest BCUT2D eigenvalue weighted by atomic mass is 15.2. The summed E-state index contributed by atoms with van der Waals surface area (Å²) in [6.45, 7) is 10.0. The average Bonchev–Trinajstić information content (AvgIpc) is 2.37. The smallest absolute Gasteiger partial charge is 0.0239 e. The SMILES string of the molecule is Cc1ccc(CN2CCCC(CCN)C2(C)C)cc1. The quantitative estimate of drug-likeness (QED) is 0.899. The predicted octanol–water partition coefficient (Wildman–Crippen LogP) is 3.33. The van der Waals surface area contributed by atoms with Crippen molar-refractivity contribution in [2.45, 2.75) is 52.1 Å². The lowest BCUT2D eigenvalue weighted by Crippen LogP contribution is -2.53. The lowest BCUT2D eigenvalue weighted by atomic mass is 9.77. The van der Waals surface area contributed by atoms with Crippen LogP contribution in [0.5, 0.6) is 0 Å². The molecular weight excluding hydrogens is 232 g/mol. The number of rotatable bonds is 4. The van der Waals surface area contributed by atoms with Gasteiger partial charge in [0.25, 0.3) is 0 Å². The van der Waals surface area contributed by atoms with E-state index in [0.29, 0.717) is 0 Å². The minimum atomic E-state index is 0.266. The van der Waals surface area contributed by atoms with Crippen molar-refractivity contribution in [1.29, 1.82) is 0 Å². The summed E-state index contributed by atoms with van der Waals surface area (Å²) in [5, 5.41) is 0. The first-order chi connectivity index (χ1) is 9.04. The third kappa shape index (κ3) is 3.37. The fourth-order valence-electron chi connectivity index (χ4n) is 3.32. The minimum Gasteiger partial charge on any atom is -0.330 e. The molecule has 0 amide bonds. The van der Waals surface area contributed by atoms with Crippen molar-refractivity contribution in [2.75, 3.05) is 13.1 Å². The largest absolute Gasteiger partial charge is 0.330 e. The monoisotopic (exact) mass is 260 g/mol. The summed E-state index contributed by atoms with van der Waals surface area (Å²) in [5.41, 5.74) is 8.80. The molecule has 1 aliphatic heterocycles. The van der Waals surface area contributed by atoms with Crippen molar-refractivity contribution in [2.24, 2.45) is 11.7 Å². The number of nitrogens with two attached hydrogens (primary N) is 1. The Bertz CT molecular complexity index is 392. The molecule has 2 rings (SSSR count). The molecule has 1 heterocycles. The fraction of sp³-hybridized carbons (Fsp3) is 0.647. The van der Waals surface area contributed by atoms with Gasteiger partial charge >= 0.3 is 0 Å². The van der Waals surface area contributed by atoms with Crippen LogP contribution >= 0.6 is 0 Å². The van der Waals surface area contributed by atoms with E-state index in [2.05, 4.69) is 49.9 Å². The van der Waals surface area contributed by atoms with Crippen LogP contribution < -0.4 is 5.73 Å². The van der Waals surface area contributed by atoms with Crippen LogP contribution in [-0.4, -0.2) is 23.5 Å². The van der Waals surface area contributed by atoms with Crippen LogP contribution in [0.1, 0.15) is 44.2 Å². The van der Waals surface area contributed by atoms with Gasteiger partial charge in [0.15, 0.2) is 0 Å². The predicted molar refractivity (Wildman–Crippen MR) is 82.1 cm³/mol. The molecule has 1 fully saturated rings. The standard InChI is InChI=1S/C17H28N2/c1-14-6-8-15(9-7-14)13-19-12-4-5-16(10-11-18)17(19,2)3/h6-9,16H,4-5,10-13,18H2,1-3H3. The maximum atomic E-state index is 5.78. The second-order valence-electron chi connectivity index (χ2n) is 6.48. The Balaban J connectivity index is 2.08. The minimum absolute atomic E-state index is 0.266. The lowest BCUT2D eigenvalue weighted by Gasteiger charge is -2.48. The Labute approximate surface area is 118 Å². The van der Waals surface area contributed by atoms with Crippen LogP contribution in [0.2, 0.25) is 0 Å². The number of hydrogen-bond acceptors (Lipinski definition) is 2. The van der Waals surface area contributed by atoms with Gasteiger partial charge in [-0.25, -0.2) is 0 Å². The van der Waals surface area contributed by atoms with E-state index in [0.717, 1.165) is 25.4 Å². The molecule has 0 aromatic heterocycles. The highest BCUT2D eigenvalue weighted by molar-refractivity contribution is 5.21. The molecule has 1 atom stereocenters. The van der Waals surface area contributed by atoms with Gasteiger partial charge in [0.2, 0.25) is 0 Å². The van der Waals surface area contributed by atoms with Gasteiger partial charge in [-0.1, -0.05) is 29.8 Å². The molecular formula is C17H28N2. The maximum Gasteiger partial charge on any atom is 0.0239 e. The third-order valence-corrected chi connectivity index (χ3v) is 4.80. The molecule has 1 unspecified atom stereocenters. The Hall–Kier alpha value is -0.860. The Morgan fingerprint density at radius 3 is 2.58 bits per heavy atom. The molecule has 1 aromatic rings. The molecule has 0 saturated carbocycles. The van der Waals surface area contributed by atoms with E-state index < -0.39 is 0 Å². The first kappa shape index (κ1) is 14.5. The van der Waals surface area contributed by atoms with Crippen LogP contribution in [0.15, 0.2) is 24.3 Å². The zero-order chi connectivity index (χ0) is 13.9. The Morgan fingerprint density at radius 2 is 1.95 bits per heavy atom. The van der Waals surface area contributed by atoms with Crippen LogP contribution in [0.3, 0.4) is 0 Å². The zero-order valence-electron chi connectivity index (χ0n) is 12.7. The van der Waals surface area contributed by atoms with E-state index in [9.17, 15) is 0 Å². The molecule has 2 N–H and O–H groups in total. The van der Waals surface area contributed by atoms with Gasteiger partial charge in [-0.05, 0) is 64.6 Å². The second-order valence-corrected chi connectivity index (χ2v) is 6.48. The zero-order valence-corrected chi connectivity index (χ0v) is 12.7. The molecule has 106 valence electrons. The fourth-order valence-corrected chi connectivity index (χ4v) is 3.32. The lowest BCUT2D eigenvalue weighted by molar-refractivity contribution is 0.0124. The number of benzene rings is 1. The van der Waals surface area contributed by atoms with Crippen LogP contribution in [0.25, 0.3) is 0 Å². The molecule has 1 aromatic carbocycles. The molecule has 0 radical (unpaired) electrons. The Morgan fingerprint density at radius 1 is 1.26 bits per heavy atom. The normalized spacial score (nSPS) is 23.5. The van der Waals surface area contributed by atoms with E-state index >= 15 is 0 Å². The maximum absolute atomic E-state index is 5.78. The van der Waals surface area contributed by atoms with Gasteiger partial charge in [-0.2, -0.15) is 0 Å². The number of likely N-dealkylation sites (tertiary alicyclic amines) is 1. The summed E-state index contributed by atoms with van der Waals surface area (Å²) in [4.78, 5) is 2.64. The molecule has 2 heteroatoms. The van der Waals surface area contributed by atoms with Crippen LogP contribution in [-0.2, 0) is 6.54 Å². The van der Waals surface area contributed by atoms with Crippen molar-refractivity contribution in [1.82, 2.24) is 4.90 Å². The van der Waals surface area contributed by atoms with Crippen molar-refractivity contribution in [3.8, 4) is 0 Å². The van der Waals surface area contributed by atoms with E-state index in [1.807, 2.05) is 0 Å². The van der Waals surface area contributed by atoms with Crippen molar-refractivity contribution in [3.05, 3.63) is 35.4 Å². The summed E-state index contributed by atoms with van der Waals surface area (Å²) >= 11 is 0. The number of nitrogens with zero attached hydrogens (tertiary/aromatic N) is 1. The molecule has 0 aliphatic carbocycles. The van der Waals surface area contributed by atoms with Crippen molar-refractivity contribution >= 4 is 0 Å². The Kier molecular flexibility index (Phi) is 4.64.